The van der Waals surface area contributed by atoms with Crippen molar-refractivity contribution in [2.24, 2.45) is 0 Å². The minimum Gasteiger partial charge on any atom is -0.531 e. The standard InChI is InChI=1S/C9H13O.K/c1-8-4-7-9(10-8)5-2-3-6-9;/h2-3,5-7H2,1H3;/q-1;+1. The average molecular weight is 176 g/mol. The molecule has 2 rings (SSSR count). The molecule has 0 N–H and O–H groups in total. The monoisotopic (exact) mass is 176 g/mol. The molecule has 56 valence electrons. The summed E-state index contributed by atoms with van der Waals surface area (Å²) in [5, 5.41) is 0. The van der Waals surface area contributed by atoms with Crippen LogP contribution in [-0.4, -0.2) is 5.60 Å². The Morgan fingerprint density at radius 2 is 2.00 bits per heavy atom. The maximum atomic E-state index is 5.72. The predicted molar refractivity (Wildman–Crippen MR) is 39.3 cm³/mol. The van der Waals surface area contributed by atoms with E-state index in [1.807, 2.05) is 6.92 Å². The molecule has 2 aliphatic rings. The molecule has 0 bridgehead atoms. The van der Waals surface area contributed by atoms with Crippen LogP contribution in [0.1, 0.15) is 39.0 Å². The van der Waals surface area contributed by atoms with Gasteiger partial charge in [-0.1, -0.05) is 5.76 Å². The summed E-state index contributed by atoms with van der Waals surface area (Å²) < 4.78 is 5.72. The number of rotatable bonds is 0. The summed E-state index contributed by atoms with van der Waals surface area (Å²) in [5.74, 6) is 1.02. The van der Waals surface area contributed by atoms with Crippen molar-refractivity contribution in [1.82, 2.24) is 0 Å². The van der Waals surface area contributed by atoms with E-state index in [4.69, 9.17) is 4.74 Å². The maximum absolute atomic E-state index is 5.72. The first-order chi connectivity index (χ1) is 4.81. The molecule has 0 aromatic carbocycles. The van der Waals surface area contributed by atoms with E-state index in [1.165, 1.54) is 25.7 Å². The van der Waals surface area contributed by atoms with Gasteiger partial charge in [0, 0.05) is 0 Å². The van der Waals surface area contributed by atoms with Gasteiger partial charge in [-0.25, -0.2) is 0 Å². The minimum absolute atomic E-state index is 0. The first kappa shape index (κ1) is 10.3. The third-order valence-electron chi connectivity index (χ3n) is 2.54. The van der Waals surface area contributed by atoms with E-state index in [9.17, 15) is 0 Å². The number of allylic oxidation sites excluding steroid dienone is 1. The van der Waals surface area contributed by atoms with Crippen LogP contribution in [0.5, 0.6) is 0 Å². The van der Waals surface area contributed by atoms with E-state index >= 15 is 0 Å². The van der Waals surface area contributed by atoms with Crippen molar-refractivity contribution in [2.75, 3.05) is 0 Å². The quantitative estimate of drug-likeness (QED) is 0.355. The van der Waals surface area contributed by atoms with Crippen molar-refractivity contribution in [3.63, 3.8) is 0 Å². The molecular formula is C9H13KO. The van der Waals surface area contributed by atoms with E-state index < -0.39 is 0 Å². The maximum Gasteiger partial charge on any atom is 1.00 e. The van der Waals surface area contributed by atoms with E-state index in [-0.39, 0.29) is 57.0 Å². The fourth-order valence-corrected chi connectivity index (χ4v) is 1.98. The summed E-state index contributed by atoms with van der Waals surface area (Å²) >= 11 is 0. The van der Waals surface area contributed by atoms with Gasteiger partial charge in [-0.15, -0.1) is 6.42 Å². The van der Waals surface area contributed by atoms with Crippen LogP contribution in [0.3, 0.4) is 0 Å². The summed E-state index contributed by atoms with van der Waals surface area (Å²) in [6.07, 6.45) is 9.47. The van der Waals surface area contributed by atoms with Crippen molar-refractivity contribution < 1.29 is 56.1 Å². The van der Waals surface area contributed by atoms with Gasteiger partial charge in [-0.05, 0) is 32.6 Å². The summed E-state index contributed by atoms with van der Waals surface area (Å²) in [7, 11) is 0. The molecule has 11 heavy (non-hydrogen) atoms. The van der Waals surface area contributed by atoms with Crippen molar-refractivity contribution in [3.05, 3.63) is 11.8 Å². The van der Waals surface area contributed by atoms with Crippen LogP contribution in [0.4, 0.5) is 0 Å². The fourth-order valence-electron chi connectivity index (χ4n) is 1.98. The van der Waals surface area contributed by atoms with Crippen LogP contribution < -0.4 is 51.4 Å². The first-order valence-electron chi connectivity index (χ1n) is 4.07. The zero-order valence-electron chi connectivity index (χ0n) is 7.44. The van der Waals surface area contributed by atoms with Gasteiger partial charge in [0.2, 0.25) is 0 Å². The molecule has 1 aliphatic carbocycles. The van der Waals surface area contributed by atoms with Gasteiger partial charge in [0.15, 0.2) is 0 Å². The molecule has 0 unspecified atom stereocenters. The van der Waals surface area contributed by atoms with Gasteiger partial charge >= 0.3 is 51.4 Å². The van der Waals surface area contributed by atoms with Crippen LogP contribution in [0.15, 0.2) is 5.76 Å². The van der Waals surface area contributed by atoms with Gasteiger partial charge < -0.3 is 10.8 Å². The zero-order chi connectivity index (χ0) is 7.03. The van der Waals surface area contributed by atoms with Crippen LogP contribution in [0.25, 0.3) is 0 Å². The Morgan fingerprint density at radius 3 is 2.45 bits per heavy atom. The smallest absolute Gasteiger partial charge is 0.531 e. The van der Waals surface area contributed by atoms with Gasteiger partial charge in [-0.3, -0.25) is 0 Å². The SMILES string of the molecule is CC1=[C-]CC2(CCCC2)O1.[K+]. The summed E-state index contributed by atoms with van der Waals surface area (Å²) in [6, 6.07) is 0. The van der Waals surface area contributed by atoms with E-state index in [2.05, 4.69) is 6.08 Å². The molecule has 0 radical (unpaired) electrons. The normalized spacial score (nSPS) is 26.1. The Hall–Kier alpha value is 1.18. The summed E-state index contributed by atoms with van der Waals surface area (Å²) in [4.78, 5) is 0. The summed E-state index contributed by atoms with van der Waals surface area (Å²) in [5.41, 5.74) is 0.212. The second kappa shape index (κ2) is 3.92. The Labute approximate surface area is 111 Å². The second-order valence-electron chi connectivity index (χ2n) is 3.40. The van der Waals surface area contributed by atoms with Crippen LogP contribution in [-0.2, 0) is 4.74 Å². The van der Waals surface area contributed by atoms with Gasteiger partial charge in [-0.2, -0.15) is 0 Å². The average Bonchev–Trinajstić information content (AvgIpc) is 2.46. The molecule has 1 heterocycles. The molecule has 1 aliphatic heterocycles. The fraction of sp³-hybridized carbons (Fsp3) is 0.778. The van der Waals surface area contributed by atoms with Crippen LogP contribution >= 0.6 is 0 Å². The first-order valence-corrected chi connectivity index (χ1v) is 4.07. The van der Waals surface area contributed by atoms with Crippen molar-refractivity contribution in [3.8, 4) is 0 Å². The third-order valence-corrected chi connectivity index (χ3v) is 2.54. The Bertz CT molecular complexity index is 168. The van der Waals surface area contributed by atoms with Crippen molar-refractivity contribution >= 4 is 0 Å². The molecule has 1 spiro atoms. The van der Waals surface area contributed by atoms with E-state index in [0.717, 1.165) is 12.2 Å². The van der Waals surface area contributed by atoms with Crippen molar-refractivity contribution in [2.45, 2.75) is 44.6 Å². The van der Waals surface area contributed by atoms with Gasteiger partial charge in [0.1, 0.15) is 0 Å². The van der Waals surface area contributed by atoms with Crippen LogP contribution in [0.2, 0.25) is 0 Å². The molecule has 0 aromatic heterocycles. The molecule has 0 saturated heterocycles. The molecule has 1 nitrogen and oxygen atoms in total. The second-order valence-corrected chi connectivity index (χ2v) is 3.40. The molecular weight excluding hydrogens is 163 g/mol. The predicted octanol–water partition coefficient (Wildman–Crippen LogP) is -0.570. The number of hydrogen-bond acceptors (Lipinski definition) is 1. The van der Waals surface area contributed by atoms with E-state index in [1.54, 1.807) is 0 Å². The Balaban J connectivity index is 0.000000605. The van der Waals surface area contributed by atoms with Gasteiger partial charge in [0.25, 0.3) is 0 Å². The molecule has 0 atom stereocenters. The summed E-state index contributed by atoms with van der Waals surface area (Å²) in [6.45, 7) is 2.01. The molecule has 1 fully saturated rings. The van der Waals surface area contributed by atoms with Crippen LogP contribution in [0, 0.1) is 6.08 Å². The molecule has 0 amide bonds. The molecule has 0 aromatic rings. The zero-order valence-corrected chi connectivity index (χ0v) is 10.6. The Kier molecular flexibility index (Phi) is 3.66. The number of hydrogen-bond donors (Lipinski definition) is 0. The van der Waals surface area contributed by atoms with Crippen molar-refractivity contribution in [1.29, 1.82) is 0 Å². The minimum atomic E-state index is 0. The Morgan fingerprint density at radius 1 is 1.36 bits per heavy atom. The number of ether oxygens (including phenoxy) is 1. The third kappa shape index (κ3) is 2.10. The van der Waals surface area contributed by atoms with E-state index in [0.29, 0.717) is 0 Å². The molecule has 2 heteroatoms. The van der Waals surface area contributed by atoms with Gasteiger partial charge in [0.05, 0.1) is 5.60 Å². The molecule has 1 saturated carbocycles. The largest absolute Gasteiger partial charge is 1.00 e. The topological polar surface area (TPSA) is 9.23 Å².